The van der Waals surface area contributed by atoms with Crippen molar-refractivity contribution in [3.63, 3.8) is 0 Å². The minimum atomic E-state index is -1.02. The first-order valence-corrected chi connectivity index (χ1v) is 8.67. The third-order valence-electron chi connectivity index (χ3n) is 4.41. The highest BCUT2D eigenvalue weighted by Crippen LogP contribution is 2.38. The zero-order chi connectivity index (χ0) is 18.7. The summed E-state index contributed by atoms with van der Waals surface area (Å²) < 4.78 is 38.2. The number of para-hydroxylation sites is 1. The maximum absolute atomic E-state index is 13.3. The second kappa shape index (κ2) is 7.83. The van der Waals surface area contributed by atoms with E-state index >= 15 is 0 Å². The molecule has 6 heteroatoms. The van der Waals surface area contributed by atoms with Gasteiger partial charge in [-0.25, -0.2) is 8.78 Å². The van der Waals surface area contributed by atoms with Gasteiger partial charge in [0, 0.05) is 23.7 Å². The summed E-state index contributed by atoms with van der Waals surface area (Å²) in [5.41, 5.74) is 1.34. The smallest absolute Gasteiger partial charge is 0.259 e. The molecule has 0 radical (unpaired) electrons. The predicted molar refractivity (Wildman–Crippen MR) is 94.4 cm³/mol. The van der Waals surface area contributed by atoms with Crippen molar-refractivity contribution in [1.29, 1.82) is 0 Å². The summed E-state index contributed by atoms with van der Waals surface area (Å²) in [6.45, 7) is 4.51. The number of hydrogen-bond acceptors (Lipinski definition) is 3. The Balaban J connectivity index is 1.85. The van der Waals surface area contributed by atoms with Crippen LogP contribution in [0.5, 0.6) is 5.75 Å². The van der Waals surface area contributed by atoms with Crippen LogP contribution in [0.4, 0.5) is 14.5 Å². The number of fused-ring (bicyclic) bond motifs is 1. The van der Waals surface area contributed by atoms with Crippen LogP contribution < -0.4 is 10.1 Å². The van der Waals surface area contributed by atoms with Crippen molar-refractivity contribution >= 4 is 11.6 Å². The lowest BCUT2D eigenvalue weighted by Gasteiger charge is -2.29. The number of hydrogen-bond donors (Lipinski definition) is 1. The molecule has 0 fully saturated rings. The van der Waals surface area contributed by atoms with Crippen LogP contribution in [0.2, 0.25) is 0 Å². The molecule has 2 unspecified atom stereocenters. The minimum Gasteiger partial charge on any atom is -0.492 e. The molecule has 26 heavy (non-hydrogen) atoms. The zero-order valence-electron chi connectivity index (χ0n) is 14.7. The summed E-state index contributed by atoms with van der Waals surface area (Å²) in [7, 11) is 0. The van der Waals surface area contributed by atoms with Crippen molar-refractivity contribution in [2.75, 3.05) is 11.9 Å². The van der Waals surface area contributed by atoms with Crippen LogP contribution in [0.15, 0.2) is 36.4 Å². The lowest BCUT2D eigenvalue weighted by Crippen LogP contribution is -2.23. The Morgan fingerprint density at radius 2 is 2.12 bits per heavy atom. The molecule has 0 bridgehead atoms. The van der Waals surface area contributed by atoms with E-state index in [-0.39, 0.29) is 17.9 Å². The van der Waals surface area contributed by atoms with E-state index in [1.165, 1.54) is 6.07 Å². The Kier molecular flexibility index (Phi) is 5.52. The van der Waals surface area contributed by atoms with Crippen LogP contribution in [0.25, 0.3) is 0 Å². The molecule has 138 valence electrons. The van der Waals surface area contributed by atoms with Crippen molar-refractivity contribution in [1.82, 2.24) is 0 Å². The molecule has 1 aliphatic rings. The number of halogens is 2. The molecule has 4 nitrogen and oxygen atoms in total. The molecule has 1 heterocycles. The fourth-order valence-electron chi connectivity index (χ4n) is 2.86. The summed E-state index contributed by atoms with van der Waals surface area (Å²) >= 11 is 0. The molecular weight excluding hydrogens is 340 g/mol. The Morgan fingerprint density at radius 1 is 1.31 bits per heavy atom. The van der Waals surface area contributed by atoms with Gasteiger partial charge in [-0.2, -0.15) is 0 Å². The number of carbonyl (C=O) groups is 1. The number of benzene rings is 2. The second-order valence-corrected chi connectivity index (χ2v) is 6.29. The third-order valence-corrected chi connectivity index (χ3v) is 4.41. The highest BCUT2D eigenvalue weighted by Gasteiger charge is 2.27. The number of nitrogens with one attached hydrogen (secondary N) is 1. The molecule has 1 amide bonds. The highest BCUT2D eigenvalue weighted by atomic mass is 19.2. The van der Waals surface area contributed by atoms with Gasteiger partial charge in [0.25, 0.3) is 5.91 Å². The monoisotopic (exact) mass is 361 g/mol. The molecule has 2 aromatic carbocycles. The third kappa shape index (κ3) is 3.85. The molecule has 1 aliphatic heterocycles. The highest BCUT2D eigenvalue weighted by molar-refractivity contribution is 6.06. The number of amides is 1. The number of rotatable bonds is 5. The van der Waals surface area contributed by atoms with Gasteiger partial charge in [-0.05, 0) is 31.5 Å². The quantitative estimate of drug-likeness (QED) is 0.828. The Morgan fingerprint density at radius 3 is 2.85 bits per heavy atom. The van der Waals surface area contributed by atoms with Crippen LogP contribution in [0.3, 0.4) is 0 Å². The van der Waals surface area contributed by atoms with Crippen LogP contribution >= 0.6 is 0 Å². The van der Waals surface area contributed by atoms with Gasteiger partial charge in [0.15, 0.2) is 11.6 Å². The van der Waals surface area contributed by atoms with Crippen molar-refractivity contribution in [3.8, 4) is 5.75 Å². The van der Waals surface area contributed by atoms with Crippen LogP contribution in [0, 0.1) is 11.6 Å². The molecule has 0 aromatic heterocycles. The van der Waals surface area contributed by atoms with E-state index < -0.39 is 17.5 Å². The standard InChI is InChI=1S/C20H21F2NO3/c1-3-12(2)26-18-9-10-25-19-14(18)5-4-6-15(19)20(24)23-13-7-8-16(21)17(22)11-13/h4-8,11-12,18H,3,9-10H2,1-2H3,(H,23,24). The first-order valence-electron chi connectivity index (χ1n) is 8.67. The van der Waals surface area contributed by atoms with Crippen molar-refractivity contribution in [2.24, 2.45) is 0 Å². The molecule has 0 spiro atoms. The van der Waals surface area contributed by atoms with Gasteiger partial charge in [0.1, 0.15) is 5.75 Å². The van der Waals surface area contributed by atoms with E-state index in [0.717, 1.165) is 24.1 Å². The van der Waals surface area contributed by atoms with E-state index in [9.17, 15) is 13.6 Å². The fraction of sp³-hybridized carbons (Fsp3) is 0.350. The molecule has 2 aromatic rings. The maximum Gasteiger partial charge on any atom is 0.259 e. The van der Waals surface area contributed by atoms with Crippen molar-refractivity contribution in [2.45, 2.75) is 38.9 Å². The molecule has 0 saturated heterocycles. The number of anilines is 1. The summed E-state index contributed by atoms with van der Waals surface area (Å²) in [4.78, 5) is 12.6. The van der Waals surface area contributed by atoms with Gasteiger partial charge >= 0.3 is 0 Å². The predicted octanol–water partition coefficient (Wildman–Crippen LogP) is 4.86. The Hall–Kier alpha value is -2.47. The Bertz CT molecular complexity index is 810. The average Bonchev–Trinajstić information content (AvgIpc) is 2.64. The molecule has 3 rings (SSSR count). The maximum atomic E-state index is 13.3. The van der Waals surface area contributed by atoms with Crippen molar-refractivity contribution in [3.05, 3.63) is 59.2 Å². The SMILES string of the molecule is CCC(C)OC1CCOc2c(C(=O)Nc3ccc(F)c(F)c3)cccc21. The summed E-state index contributed by atoms with van der Waals surface area (Å²) in [5, 5.41) is 2.58. The molecular formula is C20H21F2NO3. The number of ether oxygens (including phenoxy) is 2. The largest absolute Gasteiger partial charge is 0.492 e. The lowest BCUT2D eigenvalue weighted by molar-refractivity contribution is -0.0250. The van der Waals surface area contributed by atoms with E-state index in [0.29, 0.717) is 24.3 Å². The zero-order valence-corrected chi connectivity index (χ0v) is 14.7. The van der Waals surface area contributed by atoms with E-state index in [2.05, 4.69) is 12.2 Å². The van der Waals surface area contributed by atoms with Crippen LogP contribution in [-0.2, 0) is 4.74 Å². The summed E-state index contributed by atoms with van der Waals surface area (Å²) in [6, 6.07) is 8.51. The molecule has 0 aliphatic carbocycles. The first kappa shape index (κ1) is 18.3. The summed E-state index contributed by atoms with van der Waals surface area (Å²) in [5.74, 6) is -1.95. The first-order chi connectivity index (χ1) is 12.5. The van der Waals surface area contributed by atoms with E-state index in [1.54, 1.807) is 12.1 Å². The van der Waals surface area contributed by atoms with Gasteiger partial charge < -0.3 is 14.8 Å². The van der Waals surface area contributed by atoms with Gasteiger partial charge in [-0.1, -0.05) is 19.1 Å². The summed E-state index contributed by atoms with van der Waals surface area (Å²) in [6.07, 6.45) is 1.57. The van der Waals surface area contributed by atoms with Crippen LogP contribution in [0.1, 0.15) is 48.7 Å². The lowest BCUT2D eigenvalue weighted by atomic mass is 9.99. The fourth-order valence-corrected chi connectivity index (χ4v) is 2.86. The van der Waals surface area contributed by atoms with Gasteiger partial charge in [-0.15, -0.1) is 0 Å². The van der Waals surface area contributed by atoms with E-state index in [4.69, 9.17) is 9.47 Å². The number of carbonyl (C=O) groups excluding carboxylic acids is 1. The minimum absolute atomic E-state index is 0.102. The Labute approximate surface area is 151 Å². The molecule has 1 N–H and O–H groups in total. The molecule has 0 saturated carbocycles. The topological polar surface area (TPSA) is 47.6 Å². The van der Waals surface area contributed by atoms with Gasteiger partial charge in [0.2, 0.25) is 0 Å². The van der Waals surface area contributed by atoms with Gasteiger partial charge in [0.05, 0.1) is 24.4 Å². The van der Waals surface area contributed by atoms with E-state index in [1.807, 2.05) is 13.0 Å². The second-order valence-electron chi connectivity index (χ2n) is 6.29. The van der Waals surface area contributed by atoms with Crippen LogP contribution in [-0.4, -0.2) is 18.6 Å². The molecule has 2 atom stereocenters. The normalized spacial score (nSPS) is 17.2. The van der Waals surface area contributed by atoms with Crippen molar-refractivity contribution < 1.29 is 23.0 Å². The van der Waals surface area contributed by atoms with Gasteiger partial charge in [-0.3, -0.25) is 4.79 Å². The average molecular weight is 361 g/mol.